The zero-order valence-electron chi connectivity index (χ0n) is 12.6. The summed E-state index contributed by atoms with van der Waals surface area (Å²) in [6.45, 7) is 7.39. The van der Waals surface area contributed by atoms with Crippen LogP contribution in [0.1, 0.15) is 31.9 Å². The van der Waals surface area contributed by atoms with Gasteiger partial charge in [0.15, 0.2) is 0 Å². The highest BCUT2D eigenvalue weighted by Crippen LogP contribution is 2.36. The van der Waals surface area contributed by atoms with Crippen molar-refractivity contribution >= 4 is 0 Å². The Morgan fingerprint density at radius 2 is 1.85 bits per heavy atom. The first-order valence-electron chi connectivity index (χ1n) is 7.00. The standard InChI is InChI=1S/C16H23F2NO/c1-15(2,3)12-6-5-7-13(10-12)16(17,18)14-11-19(4)8-9-20-14/h5-7,10,14H,8-9,11H2,1-4H3. The maximum absolute atomic E-state index is 14.6. The fraction of sp³-hybridized carbons (Fsp3) is 0.625. The fourth-order valence-corrected chi connectivity index (χ4v) is 2.38. The lowest BCUT2D eigenvalue weighted by Gasteiger charge is -2.35. The van der Waals surface area contributed by atoms with Gasteiger partial charge in [-0.25, -0.2) is 0 Å². The van der Waals surface area contributed by atoms with Crippen LogP contribution in [0, 0.1) is 0 Å². The smallest absolute Gasteiger partial charge is 0.300 e. The van der Waals surface area contributed by atoms with E-state index in [1.165, 1.54) is 6.07 Å². The lowest BCUT2D eigenvalue weighted by atomic mass is 9.85. The summed E-state index contributed by atoms with van der Waals surface area (Å²) in [5.74, 6) is -2.96. The van der Waals surface area contributed by atoms with E-state index in [1.807, 2.05) is 38.8 Å². The Balaban J connectivity index is 2.29. The maximum Gasteiger partial charge on any atom is 0.300 e. The number of benzene rings is 1. The second kappa shape index (κ2) is 5.41. The van der Waals surface area contributed by atoms with E-state index in [-0.39, 0.29) is 17.5 Å². The van der Waals surface area contributed by atoms with Gasteiger partial charge in [-0.2, -0.15) is 8.78 Å². The molecule has 1 saturated heterocycles. The lowest BCUT2D eigenvalue weighted by Crippen LogP contribution is -2.48. The first-order valence-corrected chi connectivity index (χ1v) is 7.00. The highest BCUT2D eigenvalue weighted by Gasteiger charge is 2.44. The van der Waals surface area contributed by atoms with Crippen LogP contribution >= 0.6 is 0 Å². The molecule has 1 atom stereocenters. The number of alkyl halides is 2. The summed E-state index contributed by atoms with van der Waals surface area (Å²) in [6, 6.07) is 6.70. The molecular weight excluding hydrogens is 260 g/mol. The molecule has 20 heavy (non-hydrogen) atoms. The van der Waals surface area contributed by atoms with Crippen LogP contribution < -0.4 is 0 Å². The van der Waals surface area contributed by atoms with Gasteiger partial charge in [-0.1, -0.05) is 39.0 Å². The molecule has 0 spiro atoms. The van der Waals surface area contributed by atoms with Crippen molar-refractivity contribution in [3.8, 4) is 0 Å². The molecule has 0 saturated carbocycles. The van der Waals surface area contributed by atoms with Gasteiger partial charge in [-0.3, -0.25) is 0 Å². The molecule has 0 aliphatic carbocycles. The number of nitrogens with zero attached hydrogens (tertiary/aromatic N) is 1. The summed E-state index contributed by atoms with van der Waals surface area (Å²) in [7, 11) is 1.84. The molecule has 1 fully saturated rings. The van der Waals surface area contributed by atoms with Gasteiger partial charge in [0.1, 0.15) is 6.10 Å². The minimum atomic E-state index is -2.96. The molecule has 112 valence electrons. The minimum Gasteiger partial charge on any atom is -0.369 e. The maximum atomic E-state index is 14.6. The molecule has 0 radical (unpaired) electrons. The molecule has 1 heterocycles. The van der Waals surface area contributed by atoms with Crippen LogP contribution in [0.3, 0.4) is 0 Å². The van der Waals surface area contributed by atoms with Crippen molar-refractivity contribution in [1.82, 2.24) is 4.90 Å². The summed E-state index contributed by atoms with van der Waals surface area (Å²) in [6.07, 6.45) is -1.07. The van der Waals surface area contributed by atoms with Crippen LogP contribution in [0.15, 0.2) is 24.3 Å². The number of ether oxygens (including phenoxy) is 1. The van der Waals surface area contributed by atoms with E-state index < -0.39 is 12.0 Å². The van der Waals surface area contributed by atoms with E-state index in [0.717, 1.165) is 5.56 Å². The van der Waals surface area contributed by atoms with Crippen molar-refractivity contribution in [3.63, 3.8) is 0 Å². The zero-order valence-corrected chi connectivity index (χ0v) is 12.6. The van der Waals surface area contributed by atoms with Crippen LogP contribution in [0.2, 0.25) is 0 Å². The van der Waals surface area contributed by atoms with Gasteiger partial charge < -0.3 is 9.64 Å². The average Bonchev–Trinajstić information content (AvgIpc) is 2.38. The third-order valence-electron chi connectivity index (χ3n) is 3.79. The summed E-state index contributed by atoms with van der Waals surface area (Å²) in [4.78, 5) is 1.88. The SMILES string of the molecule is CN1CCOC(C(F)(F)c2cccc(C(C)(C)C)c2)C1. The third-order valence-corrected chi connectivity index (χ3v) is 3.79. The first kappa shape index (κ1) is 15.4. The van der Waals surface area contributed by atoms with Gasteiger partial charge in [0.25, 0.3) is 5.92 Å². The molecule has 1 aromatic rings. The second-order valence-corrected chi connectivity index (χ2v) is 6.58. The summed E-state index contributed by atoms with van der Waals surface area (Å²) >= 11 is 0. The number of morpholine rings is 1. The highest BCUT2D eigenvalue weighted by molar-refractivity contribution is 5.32. The number of halogens is 2. The molecule has 1 aromatic carbocycles. The Bertz CT molecular complexity index is 468. The monoisotopic (exact) mass is 283 g/mol. The van der Waals surface area contributed by atoms with E-state index in [4.69, 9.17) is 4.74 Å². The topological polar surface area (TPSA) is 12.5 Å². The molecular formula is C16H23F2NO. The minimum absolute atomic E-state index is 0.0465. The quantitative estimate of drug-likeness (QED) is 0.825. The van der Waals surface area contributed by atoms with Crippen molar-refractivity contribution in [2.45, 2.75) is 38.2 Å². The zero-order chi connectivity index (χ0) is 15.0. The van der Waals surface area contributed by atoms with Gasteiger partial charge in [-0.05, 0) is 24.1 Å². The van der Waals surface area contributed by atoms with Gasteiger partial charge in [-0.15, -0.1) is 0 Å². The third kappa shape index (κ3) is 3.18. The molecule has 1 aliphatic heterocycles. The molecule has 1 unspecified atom stereocenters. The van der Waals surface area contributed by atoms with E-state index >= 15 is 0 Å². The van der Waals surface area contributed by atoms with Gasteiger partial charge >= 0.3 is 0 Å². The Labute approximate surface area is 119 Å². The number of hydrogen-bond acceptors (Lipinski definition) is 2. The first-order chi connectivity index (χ1) is 9.21. The van der Waals surface area contributed by atoms with Gasteiger partial charge in [0.05, 0.1) is 6.61 Å². The predicted molar refractivity (Wildman–Crippen MR) is 76.3 cm³/mol. The molecule has 2 nitrogen and oxygen atoms in total. The Morgan fingerprint density at radius 1 is 1.20 bits per heavy atom. The summed E-state index contributed by atoms with van der Waals surface area (Å²) in [5.41, 5.74) is 0.820. The van der Waals surface area contributed by atoms with Crippen LogP contribution in [0.25, 0.3) is 0 Å². The molecule has 0 amide bonds. The fourth-order valence-electron chi connectivity index (χ4n) is 2.38. The number of likely N-dealkylation sites (N-methyl/N-ethyl adjacent to an activating group) is 1. The normalized spacial score (nSPS) is 22.0. The van der Waals surface area contributed by atoms with Gasteiger partial charge in [0.2, 0.25) is 0 Å². The summed E-state index contributed by atoms with van der Waals surface area (Å²) < 4.78 is 34.6. The molecule has 2 rings (SSSR count). The molecule has 1 aliphatic rings. The Hall–Kier alpha value is -1.00. The summed E-state index contributed by atoms with van der Waals surface area (Å²) in [5, 5.41) is 0. The van der Waals surface area contributed by atoms with Gasteiger partial charge in [0, 0.05) is 18.7 Å². The Morgan fingerprint density at radius 3 is 2.45 bits per heavy atom. The van der Waals surface area contributed by atoms with E-state index in [1.54, 1.807) is 12.1 Å². The van der Waals surface area contributed by atoms with Crippen molar-refractivity contribution < 1.29 is 13.5 Å². The average molecular weight is 283 g/mol. The number of rotatable bonds is 2. The largest absolute Gasteiger partial charge is 0.369 e. The molecule has 0 N–H and O–H groups in total. The van der Waals surface area contributed by atoms with Crippen molar-refractivity contribution in [1.29, 1.82) is 0 Å². The molecule has 0 aromatic heterocycles. The van der Waals surface area contributed by atoms with Crippen LogP contribution in [0.4, 0.5) is 8.78 Å². The second-order valence-electron chi connectivity index (χ2n) is 6.58. The van der Waals surface area contributed by atoms with Crippen molar-refractivity contribution in [3.05, 3.63) is 35.4 Å². The van der Waals surface area contributed by atoms with Crippen LogP contribution in [0.5, 0.6) is 0 Å². The molecule has 0 bridgehead atoms. The lowest BCUT2D eigenvalue weighted by molar-refractivity contribution is -0.169. The molecule has 4 heteroatoms. The predicted octanol–water partition coefficient (Wildman–Crippen LogP) is 3.41. The highest BCUT2D eigenvalue weighted by atomic mass is 19.3. The van der Waals surface area contributed by atoms with E-state index in [9.17, 15) is 8.78 Å². The van der Waals surface area contributed by atoms with Crippen molar-refractivity contribution in [2.24, 2.45) is 0 Å². The van der Waals surface area contributed by atoms with Crippen LogP contribution in [-0.4, -0.2) is 37.7 Å². The number of hydrogen-bond donors (Lipinski definition) is 0. The van der Waals surface area contributed by atoms with Crippen LogP contribution in [-0.2, 0) is 16.1 Å². The Kier molecular flexibility index (Phi) is 4.17. The van der Waals surface area contributed by atoms with E-state index in [2.05, 4.69) is 0 Å². The van der Waals surface area contributed by atoms with E-state index in [0.29, 0.717) is 13.2 Å². The van der Waals surface area contributed by atoms with Crippen molar-refractivity contribution in [2.75, 3.05) is 26.7 Å².